The van der Waals surface area contributed by atoms with E-state index in [0.29, 0.717) is 29.6 Å². The van der Waals surface area contributed by atoms with Crippen molar-refractivity contribution in [3.63, 3.8) is 0 Å². The first-order valence-electron chi connectivity index (χ1n) is 5.31. The van der Waals surface area contributed by atoms with Gasteiger partial charge >= 0.3 is 0 Å². The van der Waals surface area contributed by atoms with Crippen LogP contribution in [0.15, 0.2) is 4.42 Å². The van der Waals surface area contributed by atoms with E-state index in [1.807, 2.05) is 20.9 Å². The fourth-order valence-electron chi connectivity index (χ4n) is 1.60. The lowest BCUT2D eigenvalue weighted by atomic mass is 10.2. The van der Waals surface area contributed by atoms with Crippen LogP contribution in [0.4, 0.5) is 5.69 Å². The molecule has 86 valence electrons. The summed E-state index contributed by atoms with van der Waals surface area (Å²) in [5.41, 5.74) is 8.16. The molecule has 2 aromatic rings. The maximum Gasteiger partial charge on any atom is 0.268 e. The second-order valence-electron chi connectivity index (χ2n) is 3.54. The van der Waals surface area contributed by atoms with E-state index in [0.717, 1.165) is 12.1 Å². The summed E-state index contributed by atoms with van der Waals surface area (Å²) in [6, 6.07) is 0. The molecule has 2 N–H and O–H groups in total. The molecule has 0 aliphatic heterocycles. The van der Waals surface area contributed by atoms with Gasteiger partial charge in [0, 0.05) is 13.5 Å². The first-order valence-corrected chi connectivity index (χ1v) is 5.31. The molecule has 0 aliphatic rings. The van der Waals surface area contributed by atoms with Crippen molar-refractivity contribution in [1.82, 2.24) is 20.0 Å². The third-order valence-electron chi connectivity index (χ3n) is 2.47. The van der Waals surface area contributed by atoms with Crippen LogP contribution in [0, 0.1) is 0 Å². The average Bonchev–Trinajstić information content (AvgIpc) is 2.83. The molecule has 0 atom stereocenters. The fourth-order valence-corrected chi connectivity index (χ4v) is 1.60. The minimum absolute atomic E-state index is 0.434. The van der Waals surface area contributed by atoms with E-state index in [1.165, 1.54) is 0 Å². The highest BCUT2D eigenvalue weighted by Crippen LogP contribution is 2.27. The molecule has 0 fully saturated rings. The summed E-state index contributed by atoms with van der Waals surface area (Å²) in [5.74, 6) is 1.04. The summed E-state index contributed by atoms with van der Waals surface area (Å²) in [6.45, 7) is 3.97. The lowest BCUT2D eigenvalue weighted by Crippen LogP contribution is -1.95. The summed E-state index contributed by atoms with van der Waals surface area (Å²) >= 11 is 0. The van der Waals surface area contributed by atoms with Crippen molar-refractivity contribution in [3.05, 3.63) is 11.6 Å². The van der Waals surface area contributed by atoms with Crippen LogP contribution in [-0.4, -0.2) is 20.0 Å². The van der Waals surface area contributed by atoms with Crippen LogP contribution >= 0.6 is 0 Å². The molecule has 6 heteroatoms. The van der Waals surface area contributed by atoms with Gasteiger partial charge in [0.25, 0.3) is 5.89 Å². The minimum Gasteiger partial charge on any atom is -0.419 e. The van der Waals surface area contributed by atoms with Crippen LogP contribution in [0.2, 0.25) is 0 Å². The predicted molar refractivity (Wildman–Crippen MR) is 59.7 cm³/mol. The number of rotatable bonds is 3. The molecule has 0 aliphatic carbocycles. The van der Waals surface area contributed by atoms with Crippen LogP contribution in [0.1, 0.15) is 25.4 Å². The zero-order chi connectivity index (χ0) is 11.7. The summed E-state index contributed by atoms with van der Waals surface area (Å²) in [4.78, 5) is 0. The lowest BCUT2D eigenvalue weighted by molar-refractivity contribution is 0.508. The number of hydrogen-bond acceptors (Lipinski definition) is 5. The van der Waals surface area contributed by atoms with Crippen LogP contribution in [0.3, 0.4) is 0 Å². The first-order chi connectivity index (χ1) is 7.67. The van der Waals surface area contributed by atoms with Crippen molar-refractivity contribution in [1.29, 1.82) is 0 Å². The zero-order valence-electron chi connectivity index (χ0n) is 9.69. The molecule has 2 aromatic heterocycles. The Hall–Kier alpha value is -1.85. The van der Waals surface area contributed by atoms with E-state index in [2.05, 4.69) is 15.3 Å². The quantitative estimate of drug-likeness (QED) is 0.841. The van der Waals surface area contributed by atoms with E-state index in [9.17, 15) is 0 Å². The van der Waals surface area contributed by atoms with Crippen molar-refractivity contribution in [2.24, 2.45) is 7.05 Å². The molecule has 0 radical (unpaired) electrons. The van der Waals surface area contributed by atoms with Crippen molar-refractivity contribution < 1.29 is 4.42 Å². The van der Waals surface area contributed by atoms with E-state index >= 15 is 0 Å². The Morgan fingerprint density at radius 2 is 2.00 bits per heavy atom. The topological polar surface area (TPSA) is 82.8 Å². The van der Waals surface area contributed by atoms with Crippen LogP contribution in [0.25, 0.3) is 11.6 Å². The third kappa shape index (κ3) is 1.56. The Balaban J connectivity index is 2.50. The highest BCUT2D eigenvalue weighted by Gasteiger charge is 2.18. The molecule has 2 heterocycles. The van der Waals surface area contributed by atoms with Gasteiger partial charge in [-0.05, 0) is 6.42 Å². The van der Waals surface area contributed by atoms with Gasteiger partial charge < -0.3 is 10.2 Å². The third-order valence-corrected chi connectivity index (χ3v) is 2.47. The van der Waals surface area contributed by atoms with Crippen molar-refractivity contribution in [2.75, 3.05) is 5.73 Å². The summed E-state index contributed by atoms with van der Waals surface area (Å²) in [6.07, 6.45) is 1.50. The van der Waals surface area contributed by atoms with Gasteiger partial charge in [0.1, 0.15) is 5.69 Å². The molecule has 0 saturated heterocycles. The predicted octanol–water partition coefficient (Wildman–Crippen LogP) is 1.18. The van der Waals surface area contributed by atoms with Crippen LogP contribution < -0.4 is 5.73 Å². The Morgan fingerprint density at radius 3 is 2.50 bits per heavy atom. The molecule has 16 heavy (non-hydrogen) atoms. The molecular formula is C10H15N5O. The summed E-state index contributed by atoms with van der Waals surface area (Å²) < 4.78 is 7.16. The van der Waals surface area contributed by atoms with Crippen LogP contribution in [0.5, 0.6) is 0 Å². The van der Waals surface area contributed by atoms with Crippen molar-refractivity contribution in [3.8, 4) is 11.6 Å². The summed E-state index contributed by atoms with van der Waals surface area (Å²) in [5, 5.41) is 12.2. The molecule has 0 bridgehead atoms. The maximum absolute atomic E-state index is 5.99. The standard InChI is InChI=1S/C10H15N5O/c1-4-6-8(11)9(15(3)14-6)10-13-12-7(5-2)16-10/h4-5,11H2,1-3H3. The van der Waals surface area contributed by atoms with E-state index in [4.69, 9.17) is 10.2 Å². The number of aryl methyl sites for hydroxylation is 3. The van der Waals surface area contributed by atoms with Gasteiger partial charge in [0.2, 0.25) is 5.89 Å². The van der Waals surface area contributed by atoms with Gasteiger partial charge in [0.05, 0.1) is 11.4 Å². The summed E-state index contributed by atoms with van der Waals surface area (Å²) in [7, 11) is 1.82. The highest BCUT2D eigenvalue weighted by atomic mass is 16.4. The molecule has 6 nitrogen and oxygen atoms in total. The number of anilines is 1. The number of nitrogen functional groups attached to an aromatic ring is 1. The average molecular weight is 221 g/mol. The second kappa shape index (κ2) is 3.96. The minimum atomic E-state index is 0.434. The van der Waals surface area contributed by atoms with Gasteiger partial charge in [-0.2, -0.15) is 5.10 Å². The Morgan fingerprint density at radius 1 is 1.25 bits per heavy atom. The molecule has 2 rings (SSSR count). The smallest absolute Gasteiger partial charge is 0.268 e. The largest absolute Gasteiger partial charge is 0.419 e. The maximum atomic E-state index is 5.99. The number of nitrogens with two attached hydrogens (primary N) is 1. The number of aromatic nitrogens is 4. The second-order valence-corrected chi connectivity index (χ2v) is 3.54. The normalized spacial score (nSPS) is 10.9. The molecular weight excluding hydrogens is 206 g/mol. The lowest BCUT2D eigenvalue weighted by Gasteiger charge is -1.96. The van der Waals surface area contributed by atoms with Gasteiger partial charge in [-0.25, -0.2) is 0 Å². The molecule has 0 spiro atoms. The highest BCUT2D eigenvalue weighted by molar-refractivity contribution is 5.68. The Bertz CT molecular complexity index is 499. The Labute approximate surface area is 93.5 Å². The molecule has 0 amide bonds. The van der Waals surface area contributed by atoms with Crippen molar-refractivity contribution >= 4 is 5.69 Å². The molecule has 0 saturated carbocycles. The van der Waals surface area contributed by atoms with Gasteiger partial charge in [-0.15, -0.1) is 10.2 Å². The zero-order valence-corrected chi connectivity index (χ0v) is 9.69. The fraction of sp³-hybridized carbons (Fsp3) is 0.500. The van der Waals surface area contributed by atoms with E-state index < -0.39 is 0 Å². The Kier molecular flexibility index (Phi) is 2.64. The van der Waals surface area contributed by atoms with E-state index in [1.54, 1.807) is 4.68 Å². The van der Waals surface area contributed by atoms with Crippen molar-refractivity contribution in [2.45, 2.75) is 26.7 Å². The first kappa shape index (κ1) is 10.7. The number of hydrogen-bond donors (Lipinski definition) is 1. The van der Waals surface area contributed by atoms with Gasteiger partial charge in [-0.1, -0.05) is 13.8 Å². The number of nitrogens with zero attached hydrogens (tertiary/aromatic N) is 4. The molecule has 0 unspecified atom stereocenters. The SMILES string of the molecule is CCc1nnc(-c2c(N)c(CC)nn2C)o1. The molecule has 0 aromatic carbocycles. The van der Waals surface area contributed by atoms with E-state index in [-0.39, 0.29) is 0 Å². The van der Waals surface area contributed by atoms with Crippen LogP contribution in [-0.2, 0) is 19.9 Å². The van der Waals surface area contributed by atoms with Gasteiger partial charge in [-0.3, -0.25) is 4.68 Å². The van der Waals surface area contributed by atoms with Gasteiger partial charge in [0.15, 0.2) is 0 Å². The monoisotopic (exact) mass is 221 g/mol.